The molecule has 38 heavy (non-hydrogen) atoms. The molecule has 0 bridgehead atoms. The summed E-state index contributed by atoms with van der Waals surface area (Å²) >= 11 is 1.76. The van der Waals surface area contributed by atoms with E-state index in [-0.39, 0.29) is 6.61 Å². The van der Waals surface area contributed by atoms with Gasteiger partial charge >= 0.3 is 0 Å². The average Bonchev–Trinajstić information content (AvgIpc) is 2.91. The van der Waals surface area contributed by atoms with Gasteiger partial charge in [0.15, 0.2) is 11.5 Å². The highest BCUT2D eigenvalue weighted by molar-refractivity contribution is 7.99. The summed E-state index contributed by atoms with van der Waals surface area (Å²) in [7, 11) is 5.75. The number of β-amino-alcohol motifs (C(OH)–C–C–N with tert-alkyl or cyclic N) is 1. The normalized spacial score (nSPS) is 13.4. The molecular formula is C30H39N3O4S. The first-order valence-electron chi connectivity index (χ1n) is 13.1. The molecule has 8 heteroatoms. The van der Waals surface area contributed by atoms with Gasteiger partial charge in [0.05, 0.1) is 44.3 Å². The monoisotopic (exact) mass is 537 g/mol. The van der Waals surface area contributed by atoms with Crippen molar-refractivity contribution >= 4 is 23.1 Å². The van der Waals surface area contributed by atoms with Crippen molar-refractivity contribution in [2.45, 2.75) is 28.9 Å². The number of benzene rings is 3. The maximum atomic E-state index is 11.2. The molecule has 204 valence electrons. The summed E-state index contributed by atoms with van der Waals surface area (Å²) in [5.41, 5.74) is 3.25. The molecule has 1 aliphatic rings. The van der Waals surface area contributed by atoms with Crippen LogP contribution in [0.4, 0.5) is 11.4 Å². The number of hydrogen-bond acceptors (Lipinski definition) is 8. The summed E-state index contributed by atoms with van der Waals surface area (Å²) in [6.45, 7) is 3.54. The zero-order valence-electron chi connectivity index (χ0n) is 22.5. The summed E-state index contributed by atoms with van der Waals surface area (Å²) in [6.07, 6.45) is 0.317. The summed E-state index contributed by atoms with van der Waals surface area (Å²) < 4.78 is 11.5. The molecule has 0 amide bonds. The molecule has 3 aromatic rings. The predicted octanol–water partition coefficient (Wildman–Crippen LogP) is 4.48. The van der Waals surface area contributed by atoms with E-state index in [1.807, 2.05) is 56.6 Å². The quantitative estimate of drug-likeness (QED) is 0.292. The Bertz CT molecular complexity index is 1130. The van der Waals surface area contributed by atoms with E-state index in [0.29, 0.717) is 38.5 Å². The van der Waals surface area contributed by atoms with Crippen molar-refractivity contribution in [3.05, 3.63) is 72.3 Å². The van der Waals surface area contributed by atoms with Crippen LogP contribution >= 0.6 is 11.8 Å². The summed E-state index contributed by atoms with van der Waals surface area (Å²) in [4.78, 5) is 8.78. The standard InChI is InChI=1S/C30H39N3O4S/c1-31(2)15-8-18-37-27-14-13-23(19-28(27)36-3)20-32(16-17-34)21-24(35)22-33-25-9-4-6-11-29(25)38-30-12-7-5-10-26(30)33/h4-7,9-14,19,24,34-35H,8,15-18,20-22H2,1-3H3. The summed E-state index contributed by atoms with van der Waals surface area (Å²) in [5, 5.41) is 20.9. The van der Waals surface area contributed by atoms with Gasteiger partial charge in [-0.2, -0.15) is 0 Å². The van der Waals surface area contributed by atoms with Crippen LogP contribution in [-0.2, 0) is 6.54 Å². The maximum absolute atomic E-state index is 11.2. The fourth-order valence-corrected chi connectivity index (χ4v) is 5.77. The van der Waals surface area contributed by atoms with E-state index in [2.05, 4.69) is 39.0 Å². The van der Waals surface area contributed by atoms with Crippen molar-refractivity contribution in [3.63, 3.8) is 0 Å². The first-order chi connectivity index (χ1) is 18.5. The number of rotatable bonds is 14. The van der Waals surface area contributed by atoms with Gasteiger partial charge in [-0.25, -0.2) is 0 Å². The number of aliphatic hydroxyl groups is 2. The molecule has 1 unspecified atom stereocenters. The van der Waals surface area contributed by atoms with E-state index in [9.17, 15) is 10.2 Å². The molecular weight excluding hydrogens is 498 g/mol. The van der Waals surface area contributed by atoms with Crippen molar-refractivity contribution < 1.29 is 19.7 Å². The second-order valence-corrected chi connectivity index (χ2v) is 10.8. The molecule has 1 atom stereocenters. The molecule has 1 aliphatic heterocycles. The molecule has 4 rings (SSSR count). The fraction of sp³-hybridized carbons (Fsp3) is 0.400. The molecule has 7 nitrogen and oxygen atoms in total. The van der Waals surface area contributed by atoms with Crippen LogP contribution in [0.25, 0.3) is 0 Å². The topological polar surface area (TPSA) is 68.6 Å². The van der Waals surface area contributed by atoms with Gasteiger partial charge in [0.25, 0.3) is 0 Å². The van der Waals surface area contributed by atoms with Gasteiger partial charge < -0.3 is 29.5 Å². The van der Waals surface area contributed by atoms with Crippen LogP contribution in [0.2, 0.25) is 0 Å². The molecule has 0 radical (unpaired) electrons. The zero-order chi connectivity index (χ0) is 26.9. The third-order valence-corrected chi connectivity index (χ3v) is 7.58. The van der Waals surface area contributed by atoms with Crippen molar-refractivity contribution in [2.75, 3.05) is 65.5 Å². The van der Waals surface area contributed by atoms with E-state index in [0.717, 1.165) is 35.7 Å². The van der Waals surface area contributed by atoms with E-state index in [1.54, 1.807) is 18.9 Å². The number of aliphatic hydroxyl groups excluding tert-OH is 2. The van der Waals surface area contributed by atoms with Gasteiger partial charge in [-0.3, -0.25) is 4.90 Å². The molecule has 0 aliphatic carbocycles. The van der Waals surface area contributed by atoms with Crippen molar-refractivity contribution in [1.29, 1.82) is 0 Å². The highest BCUT2D eigenvalue weighted by Gasteiger charge is 2.25. The Balaban J connectivity index is 1.42. The van der Waals surface area contributed by atoms with E-state index >= 15 is 0 Å². The molecule has 0 saturated carbocycles. The lowest BCUT2D eigenvalue weighted by Crippen LogP contribution is -2.40. The van der Waals surface area contributed by atoms with Crippen molar-refractivity contribution in [2.24, 2.45) is 0 Å². The van der Waals surface area contributed by atoms with Gasteiger partial charge in [0.1, 0.15) is 0 Å². The lowest BCUT2D eigenvalue weighted by atomic mass is 10.1. The molecule has 0 saturated heterocycles. The number of ether oxygens (including phenoxy) is 2. The van der Waals surface area contributed by atoms with Gasteiger partial charge in [0.2, 0.25) is 0 Å². The maximum Gasteiger partial charge on any atom is 0.161 e. The fourth-order valence-electron chi connectivity index (χ4n) is 4.67. The second kappa shape index (κ2) is 13.9. The average molecular weight is 538 g/mol. The Hall–Kier alpha value is -2.75. The second-order valence-electron chi connectivity index (χ2n) is 9.75. The minimum absolute atomic E-state index is 0.0168. The molecule has 3 aromatic carbocycles. The molecule has 0 fully saturated rings. The Morgan fingerprint density at radius 1 is 0.921 bits per heavy atom. The summed E-state index contributed by atoms with van der Waals surface area (Å²) in [5.74, 6) is 1.42. The highest BCUT2D eigenvalue weighted by atomic mass is 32.2. The first-order valence-corrected chi connectivity index (χ1v) is 13.9. The minimum atomic E-state index is -0.619. The van der Waals surface area contributed by atoms with Crippen LogP contribution in [0.3, 0.4) is 0 Å². The van der Waals surface area contributed by atoms with Crippen molar-refractivity contribution in [1.82, 2.24) is 9.80 Å². The van der Waals surface area contributed by atoms with Crippen LogP contribution in [0.5, 0.6) is 11.5 Å². The Labute approximate surface area is 230 Å². The number of anilines is 2. The number of hydrogen-bond donors (Lipinski definition) is 2. The number of fused-ring (bicyclic) bond motifs is 2. The Kier molecular flexibility index (Phi) is 10.3. The largest absolute Gasteiger partial charge is 0.493 e. The molecule has 1 heterocycles. The minimum Gasteiger partial charge on any atom is -0.493 e. The lowest BCUT2D eigenvalue weighted by molar-refractivity contribution is 0.100. The smallest absolute Gasteiger partial charge is 0.161 e. The lowest BCUT2D eigenvalue weighted by Gasteiger charge is -2.35. The van der Waals surface area contributed by atoms with Gasteiger partial charge in [-0.15, -0.1) is 0 Å². The molecule has 0 aromatic heterocycles. The molecule has 2 N–H and O–H groups in total. The van der Waals surface area contributed by atoms with Crippen LogP contribution < -0.4 is 14.4 Å². The zero-order valence-corrected chi connectivity index (χ0v) is 23.4. The number of nitrogens with zero attached hydrogens (tertiary/aromatic N) is 3. The van der Waals surface area contributed by atoms with Gasteiger partial charge in [-0.1, -0.05) is 42.1 Å². The third-order valence-electron chi connectivity index (χ3n) is 6.45. The van der Waals surface area contributed by atoms with Crippen LogP contribution in [0, 0.1) is 0 Å². The van der Waals surface area contributed by atoms with Crippen LogP contribution in [-0.4, -0.2) is 86.7 Å². The predicted molar refractivity (Wildman–Crippen MR) is 154 cm³/mol. The Morgan fingerprint density at radius 2 is 1.61 bits per heavy atom. The third kappa shape index (κ3) is 7.42. The van der Waals surface area contributed by atoms with Crippen LogP contribution in [0.15, 0.2) is 76.5 Å². The van der Waals surface area contributed by atoms with Crippen molar-refractivity contribution in [3.8, 4) is 11.5 Å². The van der Waals surface area contributed by atoms with E-state index in [4.69, 9.17) is 9.47 Å². The van der Waals surface area contributed by atoms with E-state index < -0.39 is 6.10 Å². The summed E-state index contributed by atoms with van der Waals surface area (Å²) in [6, 6.07) is 22.6. The van der Waals surface area contributed by atoms with Crippen LogP contribution in [0.1, 0.15) is 12.0 Å². The highest BCUT2D eigenvalue weighted by Crippen LogP contribution is 2.47. The Morgan fingerprint density at radius 3 is 2.24 bits per heavy atom. The number of methoxy groups -OCH3 is 1. The van der Waals surface area contributed by atoms with E-state index in [1.165, 1.54) is 9.79 Å². The number of para-hydroxylation sites is 2. The first kappa shape index (κ1) is 28.3. The van der Waals surface area contributed by atoms with Gasteiger partial charge in [0, 0.05) is 36.0 Å². The SMILES string of the molecule is COc1cc(CN(CCO)CC(O)CN2c3ccccc3Sc3ccccc32)ccc1OCCCN(C)C. The molecule has 0 spiro atoms. The van der Waals surface area contributed by atoms with Gasteiger partial charge in [-0.05, 0) is 62.5 Å².